The van der Waals surface area contributed by atoms with E-state index >= 15 is 0 Å². The molecule has 2 heterocycles. The van der Waals surface area contributed by atoms with Gasteiger partial charge in [0.1, 0.15) is 18.1 Å². The summed E-state index contributed by atoms with van der Waals surface area (Å²) in [5.41, 5.74) is 5.00. The van der Waals surface area contributed by atoms with Crippen molar-refractivity contribution in [2.75, 3.05) is 25.9 Å². The van der Waals surface area contributed by atoms with Gasteiger partial charge in [-0.3, -0.25) is 9.56 Å². The topological polar surface area (TPSA) is 52.3 Å². The third-order valence-corrected chi connectivity index (χ3v) is 5.34. The molecule has 0 fully saturated rings. The van der Waals surface area contributed by atoms with E-state index in [-0.39, 0.29) is 0 Å². The van der Waals surface area contributed by atoms with E-state index in [1.54, 1.807) is 7.11 Å². The van der Waals surface area contributed by atoms with Gasteiger partial charge in [-0.15, -0.1) is 10.2 Å². The number of nitrogens with zero attached hydrogens (tertiary/aromatic N) is 4. The first-order chi connectivity index (χ1) is 13.9. The van der Waals surface area contributed by atoms with E-state index in [1.165, 1.54) is 0 Å². The number of methoxy groups -OCH3 is 1. The molecule has 0 unspecified atom stereocenters. The van der Waals surface area contributed by atoms with Crippen LogP contribution in [0.2, 0.25) is 0 Å². The van der Waals surface area contributed by atoms with E-state index in [0.29, 0.717) is 6.54 Å². The van der Waals surface area contributed by atoms with Gasteiger partial charge in [0.25, 0.3) is 0 Å². The average Bonchev–Trinajstić information content (AvgIpc) is 2.98. The summed E-state index contributed by atoms with van der Waals surface area (Å²) in [5.74, 6) is 5.76. The van der Waals surface area contributed by atoms with E-state index in [4.69, 9.17) is 9.73 Å². The maximum absolute atomic E-state index is 5.48. The highest BCUT2D eigenvalue weighted by Gasteiger charge is 2.22. The van der Waals surface area contributed by atoms with Crippen molar-refractivity contribution in [2.24, 2.45) is 4.99 Å². The second kappa shape index (κ2) is 7.41. The zero-order valence-electron chi connectivity index (χ0n) is 17.4. The van der Waals surface area contributed by atoms with Crippen molar-refractivity contribution in [3.63, 3.8) is 0 Å². The summed E-state index contributed by atoms with van der Waals surface area (Å²) in [7, 11) is 0.828. The second-order valence-corrected chi connectivity index (χ2v) is 11.6. The van der Waals surface area contributed by atoms with Crippen LogP contribution >= 0.6 is 10.0 Å². The molecule has 1 aliphatic rings. The van der Waals surface area contributed by atoms with Crippen molar-refractivity contribution in [1.29, 1.82) is 0 Å². The van der Waals surface area contributed by atoms with Gasteiger partial charge in [-0.2, -0.15) is 10.0 Å². The molecule has 5 nitrogen and oxygen atoms in total. The van der Waals surface area contributed by atoms with Crippen molar-refractivity contribution in [3.05, 3.63) is 70.8 Å². The summed E-state index contributed by atoms with van der Waals surface area (Å²) < 4.78 is 7.54. The molecule has 1 aliphatic heterocycles. The van der Waals surface area contributed by atoms with Crippen molar-refractivity contribution < 1.29 is 4.74 Å². The minimum atomic E-state index is -0.848. The van der Waals surface area contributed by atoms with Crippen LogP contribution in [0.25, 0.3) is 5.69 Å². The lowest BCUT2D eigenvalue weighted by Gasteiger charge is -2.15. The number of aromatic nitrogens is 3. The summed E-state index contributed by atoms with van der Waals surface area (Å²) in [4.78, 5) is 4.89. The number of benzene rings is 2. The molecule has 0 atom stereocenters. The number of hydrogen-bond acceptors (Lipinski definition) is 4. The van der Waals surface area contributed by atoms with Gasteiger partial charge in [-0.25, -0.2) is 0 Å². The first-order valence-electron chi connectivity index (χ1n) is 9.31. The number of aryl methyl sites for hydroxylation is 1. The van der Waals surface area contributed by atoms with Crippen LogP contribution in [0.15, 0.2) is 47.5 Å². The highest BCUT2D eigenvalue weighted by atomic mass is 32.3. The lowest BCUT2D eigenvalue weighted by Crippen LogP contribution is -2.08. The molecule has 0 aliphatic carbocycles. The molecule has 0 saturated carbocycles. The fraction of sp³-hybridized carbons (Fsp3) is 0.261. The number of rotatable bonds is 2. The minimum Gasteiger partial charge on any atom is -0.497 e. The molecule has 148 valence electrons. The Labute approximate surface area is 173 Å². The van der Waals surface area contributed by atoms with Crippen molar-refractivity contribution in [1.82, 2.24) is 14.8 Å². The highest BCUT2D eigenvalue weighted by molar-refractivity contribution is 8.35. The van der Waals surface area contributed by atoms with E-state index in [0.717, 1.165) is 45.5 Å². The average molecular weight is 405 g/mol. The van der Waals surface area contributed by atoms with E-state index in [1.807, 2.05) is 25.1 Å². The molecule has 3 aromatic rings. The van der Waals surface area contributed by atoms with Crippen LogP contribution in [0.5, 0.6) is 5.75 Å². The zero-order valence-corrected chi connectivity index (χ0v) is 18.2. The predicted molar refractivity (Wildman–Crippen MR) is 121 cm³/mol. The van der Waals surface area contributed by atoms with Crippen LogP contribution in [0.1, 0.15) is 28.3 Å². The molecule has 0 amide bonds. The minimum absolute atomic E-state index is 0.474. The van der Waals surface area contributed by atoms with Crippen LogP contribution in [-0.4, -0.2) is 46.4 Å². The Hall–Kier alpha value is -3.04. The van der Waals surface area contributed by atoms with Gasteiger partial charge in [-0.05, 0) is 61.3 Å². The first kappa shape index (κ1) is 19.3. The van der Waals surface area contributed by atoms with Crippen molar-refractivity contribution in [2.45, 2.75) is 13.5 Å². The normalized spacial score (nSPS) is 13.3. The second-order valence-electron chi connectivity index (χ2n) is 7.69. The Kier molecular flexibility index (Phi) is 4.93. The van der Waals surface area contributed by atoms with Crippen molar-refractivity contribution in [3.8, 4) is 22.6 Å². The highest BCUT2D eigenvalue weighted by Crippen LogP contribution is 2.32. The zero-order chi connectivity index (χ0) is 20.6. The lowest BCUT2D eigenvalue weighted by atomic mass is 9.99. The molecular weight excluding hydrogens is 380 g/mol. The SMILES string of the molecule is COc1ccc2c(c1)C(c1ccc(C#CS(C)(C)C)cc1)=NCc1nnc(C)n1-2. The number of hydrogen-bond donors (Lipinski definition) is 0. The molecular formula is C23H24N4OS. The number of ether oxygens (including phenoxy) is 1. The van der Waals surface area contributed by atoms with E-state index in [2.05, 4.69) is 69.0 Å². The van der Waals surface area contributed by atoms with Gasteiger partial charge in [0, 0.05) is 16.7 Å². The van der Waals surface area contributed by atoms with Crippen LogP contribution in [-0.2, 0) is 6.54 Å². The molecule has 0 spiro atoms. The van der Waals surface area contributed by atoms with E-state index in [9.17, 15) is 0 Å². The number of fused-ring (bicyclic) bond motifs is 3. The third kappa shape index (κ3) is 3.92. The molecule has 2 aromatic carbocycles. The van der Waals surface area contributed by atoms with Gasteiger partial charge >= 0.3 is 0 Å². The molecule has 29 heavy (non-hydrogen) atoms. The molecule has 4 rings (SSSR count). The summed E-state index contributed by atoms with van der Waals surface area (Å²) in [5, 5.41) is 11.9. The summed E-state index contributed by atoms with van der Waals surface area (Å²) >= 11 is 0. The van der Waals surface area contributed by atoms with Crippen LogP contribution in [0.3, 0.4) is 0 Å². The summed E-state index contributed by atoms with van der Waals surface area (Å²) in [6.45, 7) is 2.43. The van der Waals surface area contributed by atoms with Crippen molar-refractivity contribution >= 4 is 15.7 Å². The largest absolute Gasteiger partial charge is 0.497 e. The lowest BCUT2D eigenvalue weighted by molar-refractivity contribution is 0.414. The molecule has 0 N–H and O–H groups in total. The molecule has 1 aromatic heterocycles. The Bertz CT molecular complexity index is 1160. The van der Waals surface area contributed by atoms with Gasteiger partial charge in [-0.1, -0.05) is 18.1 Å². The molecule has 6 heteroatoms. The van der Waals surface area contributed by atoms with E-state index < -0.39 is 10.0 Å². The smallest absolute Gasteiger partial charge is 0.159 e. The Balaban J connectivity index is 1.80. The Morgan fingerprint density at radius 3 is 2.48 bits per heavy atom. The Morgan fingerprint density at radius 1 is 1.03 bits per heavy atom. The molecule has 0 saturated heterocycles. The molecule has 0 radical (unpaired) electrons. The monoisotopic (exact) mass is 404 g/mol. The summed E-state index contributed by atoms with van der Waals surface area (Å²) in [6.07, 6.45) is 6.58. The fourth-order valence-corrected chi connectivity index (χ4v) is 3.68. The number of aliphatic imine (C=N–C) groups is 1. The maximum atomic E-state index is 5.48. The standard InChI is InChI=1S/C23H24N4OS/c1-16-25-26-22-15-24-23(20-14-19(28-2)10-11-21(20)27(16)22)18-8-6-17(7-9-18)12-13-29(3,4)5/h6-11,14H,15H2,1-5H3. The van der Waals surface area contributed by atoms with Gasteiger partial charge < -0.3 is 4.74 Å². The Morgan fingerprint density at radius 2 is 1.79 bits per heavy atom. The van der Waals surface area contributed by atoms with Crippen LogP contribution in [0.4, 0.5) is 0 Å². The van der Waals surface area contributed by atoms with Gasteiger partial charge in [0.2, 0.25) is 0 Å². The van der Waals surface area contributed by atoms with Gasteiger partial charge in [0.05, 0.1) is 18.5 Å². The maximum Gasteiger partial charge on any atom is 0.159 e. The quantitative estimate of drug-likeness (QED) is 0.608. The van der Waals surface area contributed by atoms with Crippen LogP contribution in [0, 0.1) is 18.1 Å². The first-order valence-corrected chi connectivity index (χ1v) is 12.2. The fourth-order valence-electron chi connectivity index (χ4n) is 3.25. The summed E-state index contributed by atoms with van der Waals surface area (Å²) in [6, 6.07) is 14.3. The predicted octanol–water partition coefficient (Wildman–Crippen LogP) is 3.94. The third-order valence-electron chi connectivity index (χ3n) is 4.63. The van der Waals surface area contributed by atoms with Crippen LogP contribution < -0.4 is 4.74 Å². The molecule has 0 bridgehead atoms. The van der Waals surface area contributed by atoms with Gasteiger partial charge in [0.15, 0.2) is 5.82 Å².